The Hall–Kier alpha value is -0.250. The molecular weight excluding hydrogens is 255 g/mol. The summed E-state index contributed by atoms with van der Waals surface area (Å²) in [6, 6.07) is 3.69. The maximum atomic E-state index is 5.91. The lowest BCUT2D eigenvalue weighted by Crippen LogP contribution is -1.92. The first-order chi connectivity index (χ1) is 6.22. The van der Waals surface area contributed by atoms with Crippen LogP contribution < -0.4 is 4.74 Å². The summed E-state index contributed by atoms with van der Waals surface area (Å²) in [7, 11) is 1.64. The van der Waals surface area contributed by atoms with Crippen LogP contribution in [-0.4, -0.2) is 13.7 Å². The number of benzene rings is 1. The van der Waals surface area contributed by atoms with Gasteiger partial charge in [-0.15, -0.1) is 0 Å². The maximum absolute atomic E-state index is 5.91. The van der Waals surface area contributed by atoms with Gasteiger partial charge in [0.05, 0.1) is 18.2 Å². The molecule has 0 aliphatic carbocycles. The van der Waals surface area contributed by atoms with Gasteiger partial charge in [0.1, 0.15) is 11.9 Å². The Morgan fingerprint density at radius 1 is 1.62 bits per heavy atom. The number of ether oxygens (including phenoxy) is 2. The van der Waals surface area contributed by atoms with E-state index in [4.69, 9.17) is 21.1 Å². The molecule has 0 radical (unpaired) electrons. The second kappa shape index (κ2) is 3.48. The Morgan fingerprint density at radius 2 is 2.31 bits per heavy atom. The molecule has 2 rings (SSSR count). The zero-order valence-electron chi connectivity index (χ0n) is 7.01. The van der Waals surface area contributed by atoms with Crippen LogP contribution in [0.4, 0.5) is 0 Å². The highest BCUT2D eigenvalue weighted by molar-refractivity contribution is 9.10. The Labute approximate surface area is 89.9 Å². The summed E-state index contributed by atoms with van der Waals surface area (Å²) < 4.78 is 11.3. The van der Waals surface area contributed by atoms with Crippen molar-refractivity contribution in [2.24, 2.45) is 0 Å². The van der Waals surface area contributed by atoms with Gasteiger partial charge in [-0.05, 0) is 28.1 Å². The predicted octanol–water partition coefficient (Wildman–Crippen LogP) is 3.18. The molecule has 1 aliphatic heterocycles. The molecule has 13 heavy (non-hydrogen) atoms. The number of hydrogen-bond acceptors (Lipinski definition) is 2. The van der Waals surface area contributed by atoms with Crippen LogP contribution in [0, 0.1) is 0 Å². The van der Waals surface area contributed by atoms with Crippen molar-refractivity contribution in [3.8, 4) is 5.75 Å². The van der Waals surface area contributed by atoms with Gasteiger partial charge in [-0.25, -0.2) is 0 Å². The smallest absolute Gasteiger partial charge is 0.139 e. The van der Waals surface area contributed by atoms with Crippen LogP contribution in [0.3, 0.4) is 0 Å². The SMILES string of the molecule is COc1c(Br)cc(Cl)cc1[C@@H]1CO1. The lowest BCUT2D eigenvalue weighted by atomic mass is 10.1. The second-order valence-electron chi connectivity index (χ2n) is 2.83. The van der Waals surface area contributed by atoms with Crippen LogP contribution in [0.5, 0.6) is 5.75 Å². The number of halogens is 2. The van der Waals surface area contributed by atoms with E-state index in [1.807, 2.05) is 12.1 Å². The fraction of sp³-hybridized carbons (Fsp3) is 0.333. The van der Waals surface area contributed by atoms with Gasteiger partial charge in [0.2, 0.25) is 0 Å². The van der Waals surface area contributed by atoms with E-state index in [0.717, 1.165) is 22.4 Å². The van der Waals surface area contributed by atoms with Gasteiger partial charge in [0.15, 0.2) is 0 Å². The molecule has 0 N–H and O–H groups in total. The second-order valence-corrected chi connectivity index (χ2v) is 4.12. The quantitative estimate of drug-likeness (QED) is 0.765. The van der Waals surface area contributed by atoms with Crippen molar-refractivity contribution >= 4 is 27.5 Å². The van der Waals surface area contributed by atoms with Crippen LogP contribution in [0.2, 0.25) is 5.02 Å². The molecule has 0 saturated carbocycles. The standard InChI is InChI=1S/C9H8BrClO2/c1-12-9-6(8-4-13-8)2-5(11)3-7(9)10/h2-3,8H,4H2,1H3/t8-/m0/s1. The fourth-order valence-corrected chi connectivity index (χ4v) is 2.26. The summed E-state index contributed by atoms with van der Waals surface area (Å²) in [5, 5.41) is 0.693. The molecule has 4 heteroatoms. The molecule has 2 nitrogen and oxygen atoms in total. The summed E-state index contributed by atoms with van der Waals surface area (Å²) in [5.74, 6) is 0.812. The summed E-state index contributed by atoms with van der Waals surface area (Å²) in [6.45, 7) is 0.753. The topological polar surface area (TPSA) is 21.8 Å². The molecule has 0 aromatic heterocycles. The highest BCUT2D eigenvalue weighted by Gasteiger charge is 2.29. The molecular formula is C9H8BrClO2. The van der Waals surface area contributed by atoms with Gasteiger partial charge in [-0.3, -0.25) is 0 Å². The Balaban J connectivity index is 2.50. The van der Waals surface area contributed by atoms with Gasteiger partial charge in [0, 0.05) is 10.6 Å². The summed E-state index contributed by atoms with van der Waals surface area (Å²) in [4.78, 5) is 0. The molecule has 1 fully saturated rings. The summed E-state index contributed by atoms with van der Waals surface area (Å²) in [5.41, 5.74) is 1.02. The molecule has 0 bridgehead atoms. The first-order valence-corrected chi connectivity index (χ1v) is 5.04. The molecule has 1 aliphatic rings. The van der Waals surface area contributed by atoms with Gasteiger partial charge < -0.3 is 9.47 Å². The molecule has 1 aromatic rings. The van der Waals surface area contributed by atoms with Crippen LogP contribution in [0.1, 0.15) is 11.7 Å². The first-order valence-electron chi connectivity index (χ1n) is 3.87. The molecule has 1 heterocycles. The van der Waals surface area contributed by atoms with Gasteiger partial charge in [-0.2, -0.15) is 0 Å². The predicted molar refractivity (Wildman–Crippen MR) is 54.4 cm³/mol. The Kier molecular flexibility index (Phi) is 2.49. The average molecular weight is 264 g/mol. The van der Waals surface area contributed by atoms with Crippen LogP contribution in [-0.2, 0) is 4.74 Å². The molecule has 0 amide bonds. The van der Waals surface area contributed by atoms with Crippen molar-refractivity contribution < 1.29 is 9.47 Å². The molecule has 0 spiro atoms. The number of hydrogen-bond donors (Lipinski definition) is 0. The molecule has 1 saturated heterocycles. The monoisotopic (exact) mass is 262 g/mol. The van der Waals surface area contributed by atoms with Crippen LogP contribution in [0.15, 0.2) is 16.6 Å². The zero-order valence-corrected chi connectivity index (χ0v) is 9.35. The van der Waals surface area contributed by atoms with Crippen LogP contribution >= 0.6 is 27.5 Å². The van der Waals surface area contributed by atoms with Gasteiger partial charge in [-0.1, -0.05) is 11.6 Å². The normalized spacial score (nSPS) is 20.1. The number of rotatable bonds is 2. The Bertz CT molecular complexity index is 337. The third-order valence-electron chi connectivity index (χ3n) is 1.92. The largest absolute Gasteiger partial charge is 0.495 e. The molecule has 70 valence electrons. The summed E-state index contributed by atoms with van der Waals surface area (Å²) >= 11 is 9.30. The lowest BCUT2D eigenvalue weighted by molar-refractivity contribution is 0.381. The Morgan fingerprint density at radius 3 is 2.85 bits per heavy atom. The summed E-state index contributed by atoms with van der Waals surface area (Å²) in [6.07, 6.45) is 0.157. The minimum absolute atomic E-state index is 0.157. The third kappa shape index (κ3) is 1.82. The van der Waals surface area contributed by atoms with Crippen LogP contribution in [0.25, 0.3) is 0 Å². The molecule has 0 unspecified atom stereocenters. The van der Waals surface area contributed by atoms with E-state index in [9.17, 15) is 0 Å². The van der Waals surface area contributed by atoms with Crippen molar-refractivity contribution in [1.29, 1.82) is 0 Å². The fourth-order valence-electron chi connectivity index (χ4n) is 1.26. The van der Waals surface area contributed by atoms with Crippen molar-refractivity contribution in [1.82, 2.24) is 0 Å². The number of methoxy groups -OCH3 is 1. The first kappa shape index (κ1) is 9.31. The van der Waals surface area contributed by atoms with E-state index in [1.54, 1.807) is 7.11 Å². The van der Waals surface area contributed by atoms with Gasteiger partial charge in [0.25, 0.3) is 0 Å². The minimum Gasteiger partial charge on any atom is -0.495 e. The average Bonchev–Trinajstić information content (AvgIpc) is 2.85. The van der Waals surface area contributed by atoms with Gasteiger partial charge >= 0.3 is 0 Å². The minimum atomic E-state index is 0.157. The third-order valence-corrected chi connectivity index (χ3v) is 2.73. The van der Waals surface area contributed by atoms with Crippen molar-refractivity contribution in [3.63, 3.8) is 0 Å². The van der Waals surface area contributed by atoms with E-state index in [2.05, 4.69) is 15.9 Å². The number of epoxide rings is 1. The maximum Gasteiger partial charge on any atom is 0.139 e. The van der Waals surface area contributed by atoms with E-state index in [1.165, 1.54) is 0 Å². The van der Waals surface area contributed by atoms with E-state index in [0.29, 0.717) is 5.02 Å². The highest BCUT2D eigenvalue weighted by Crippen LogP contribution is 2.41. The molecule has 1 atom stereocenters. The molecule has 1 aromatic carbocycles. The van der Waals surface area contributed by atoms with Crippen molar-refractivity contribution in [2.75, 3.05) is 13.7 Å². The van der Waals surface area contributed by atoms with E-state index >= 15 is 0 Å². The highest BCUT2D eigenvalue weighted by atomic mass is 79.9. The van der Waals surface area contributed by atoms with Crippen molar-refractivity contribution in [3.05, 3.63) is 27.2 Å². The van der Waals surface area contributed by atoms with Crippen molar-refractivity contribution in [2.45, 2.75) is 6.10 Å². The lowest BCUT2D eigenvalue weighted by Gasteiger charge is -2.08. The zero-order chi connectivity index (χ0) is 9.42. The van der Waals surface area contributed by atoms with E-state index in [-0.39, 0.29) is 6.10 Å². The van der Waals surface area contributed by atoms with E-state index < -0.39 is 0 Å².